The Balaban J connectivity index is 0.00000225. The quantitative estimate of drug-likeness (QED) is 0.721. The van der Waals surface area contributed by atoms with Crippen LogP contribution in [0.2, 0.25) is 0 Å². The highest BCUT2D eigenvalue weighted by atomic mass is 35.5. The Kier molecular flexibility index (Phi) is 7.00. The lowest BCUT2D eigenvalue weighted by atomic mass is 9.91. The molecule has 0 spiro atoms. The van der Waals surface area contributed by atoms with Crippen LogP contribution in [0.3, 0.4) is 0 Å². The molecule has 3 fully saturated rings. The van der Waals surface area contributed by atoms with Crippen molar-refractivity contribution < 1.29 is 9.59 Å². The molecule has 4 rings (SSSR count). The second-order valence-corrected chi connectivity index (χ2v) is 8.33. The number of hydrogen-bond acceptors (Lipinski definition) is 4. The fraction of sp³-hybridized carbons (Fsp3) is 0.636. The van der Waals surface area contributed by atoms with Gasteiger partial charge in [-0.25, -0.2) is 0 Å². The predicted molar refractivity (Wildman–Crippen MR) is 114 cm³/mol. The maximum atomic E-state index is 13.1. The van der Waals surface area contributed by atoms with E-state index in [9.17, 15) is 9.59 Å². The number of nitrogens with zero attached hydrogens (tertiary/aromatic N) is 3. The summed E-state index contributed by atoms with van der Waals surface area (Å²) >= 11 is 0. The van der Waals surface area contributed by atoms with Crippen molar-refractivity contribution in [2.75, 3.05) is 44.2 Å². The summed E-state index contributed by atoms with van der Waals surface area (Å²) in [6.45, 7) is 7.28. The van der Waals surface area contributed by atoms with Crippen molar-refractivity contribution in [1.82, 2.24) is 9.80 Å². The summed E-state index contributed by atoms with van der Waals surface area (Å²) < 4.78 is 0. The average Bonchev–Trinajstić information content (AvgIpc) is 3.00. The predicted octanol–water partition coefficient (Wildman–Crippen LogP) is 3.22. The van der Waals surface area contributed by atoms with Gasteiger partial charge in [0, 0.05) is 56.6 Å². The molecule has 1 amide bonds. The second-order valence-electron chi connectivity index (χ2n) is 8.33. The van der Waals surface area contributed by atoms with Crippen molar-refractivity contribution in [3.8, 4) is 0 Å². The number of rotatable bonds is 4. The highest BCUT2D eigenvalue weighted by Gasteiger charge is 2.33. The van der Waals surface area contributed by atoms with E-state index >= 15 is 0 Å². The van der Waals surface area contributed by atoms with Gasteiger partial charge in [0.15, 0.2) is 5.78 Å². The van der Waals surface area contributed by atoms with Gasteiger partial charge in [-0.2, -0.15) is 0 Å². The molecular weight excluding hydrogens is 374 g/mol. The maximum Gasteiger partial charge on any atom is 0.227 e. The third-order valence-electron chi connectivity index (χ3n) is 6.61. The van der Waals surface area contributed by atoms with Gasteiger partial charge in [0.25, 0.3) is 0 Å². The largest absolute Gasteiger partial charge is 0.371 e. The first kappa shape index (κ1) is 21.1. The van der Waals surface area contributed by atoms with Gasteiger partial charge >= 0.3 is 0 Å². The number of benzene rings is 1. The molecule has 5 nitrogen and oxygen atoms in total. The van der Waals surface area contributed by atoms with E-state index in [4.69, 9.17) is 0 Å². The number of carbonyl (C=O) groups excluding carboxylic acids is 2. The molecule has 0 N–H and O–H groups in total. The fourth-order valence-electron chi connectivity index (χ4n) is 4.64. The van der Waals surface area contributed by atoms with Crippen LogP contribution in [0, 0.1) is 5.92 Å². The van der Waals surface area contributed by atoms with Gasteiger partial charge in [-0.15, -0.1) is 12.4 Å². The molecule has 6 heteroatoms. The van der Waals surface area contributed by atoms with Crippen LogP contribution in [0.25, 0.3) is 0 Å². The summed E-state index contributed by atoms with van der Waals surface area (Å²) in [4.78, 5) is 31.5. The minimum absolute atomic E-state index is 0. The molecule has 1 aromatic rings. The number of Topliss-reactive ketones (excluding diaryl/α,β-unsaturated/α-hetero) is 1. The van der Waals surface area contributed by atoms with Gasteiger partial charge in [0.05, 0.1) is 5.92 Å². The molecule has 154 valence electrons. The van der Waals surface area contributed by atoms with E-state index in [0.717, 1.165) is 69.4 Å². The lowest BCUT2D eigenvalue weighted by molar-refractivity contribution is -0.134. The Morgan fingerprint density at radius 3 is 2.29 bits per heavy atom. The van der Waals surface area contributed by atoms with Crippen LogP contribution < -0.4 is 4.90 Å². The lowest BCUT2D eigenvalue weighted by Gasteiger charge is -2.36. The van der Waals surface area contributed by atoms with Gasteiger partial charge in [0.1, 0.15) is 0 Å². The average molecular weight is 406 g/mol. The molecule has 2 saturated heterocycles. The molecule has 28 heavy (non-hydrogen) atoms. The van der Waals surface area contributed by atoms with Gasteiger partial charge in [-0.1, -0.05) is 6.42 Å². The molecule has 1 unspecified atom stereocenters. The summed E-state index contributed by atoms with van der Waals surface area (Å²) in [5.74, 6) is 0.536. The lowest BCUT2D eigenvalue weighted by Crippen LogP contribution is -2.43. The Morgan fingerprint density at radius 1 is 0.893 bits per heavy atom. The number of halogens is 1. The molecule has 2 aliphatic heterocycles. The first-order valence-corrected chi connectivity index (χ1v) is 10.5. The van der Waals surface area contributed by atoms with Crippen LogP contribution in [0.5, 0.6) is 0 Å². The minimum atomic E-state index is 0. The van der Waals surface area contributed by atoms with Gasteiger partial charge in [-0.3, -0.25) is 14.5 Å². The molecule has 0 bridgehead atoms. The summed E-state index contributed by atoms with van der Waals surface area (Å²) in [6, 6.07) is 8.56. The van der Waals surface area contributed by atoms with Crippen LogP contribution in [0.15, 0.2) is 24.3 Å². The van der Waals surface area contributed by atoms with E-state index in [-0.39, 0.29) is 24.1 Å². The number of carbonyl (C=O) groups is 2. The fourth-order valence-corrected chi connectivity index (χ4v) is 4.64. The topological polar surface area (TPSA) is 43.9 Å². The molecule has 1 saturated carbocycles. The zero-order valence-electron chi connectivity index (χ0n) is 16.8. The molecule has 1 aliphatic carbocycles. The standard InChI is InChI=1S/C22H31N3O2.ClH/c1-17(26)18-6-8-21(9-7-18)25-13-10-19(16-25)22(27)24-12-3-11-23(14-15-24)20-4-2-5-20;/h6-9,19-20H,2-5,10-16H2,1H3;1H. The van der Waals surface area contributed by atoms with Crippen molar-refractivity contribution in [2.24, 2.45) is 5.92 Å². The Bertz CT molecular complexity index is 690. The summed E-state index contributed by atoms with van der Waals surface area (Å²) in [7, 11) is 0. The number of hydrogen-bond donors (Lipinski definition) is 0. The van der Waals surface area contributed by atoms with Crippen LogP contribution in [0.1, 0.15) is 49.4 Å². The molecular formula is C22H32ClN3O2. The number of amides is 1. The first-order valence-electron chi connectivity index (χ1n) is 10.5. The third-order valence-corrected chi connectivity index (χ3v) is 6.61. The van der Waals surface area contributed by atoms with Crippen molar-refractivity contribution in [3.63, 3.8) is 0 Å². The van der Waals surface area contributed by atoms with E-state index in [1.165, 1.54) is 19.3 Å². The van der Waals surface area contributed by atoms with Crippen LogP contribution in [0.4, 0.5) is 5.69 Å². The normalized spacial score (nSPS) is 23.7. The van der Waals surface area contributed by atoms with Crippen LogP contribution >= 0.6 is 12.4 Å². The van der Waals surface area contributed by atoms with Crippen molar-refractivity contribution in [3.05, 3.63) is 29.8 Å². The smallest absolute Gasteiger partial charge is 0.227 e. The number of anilines is 1. The van der Waals surface area contributed by atoms with E-state index in [1.54, 1.807) is 6.92 Å². The highest BCUT2D eigenvalue weighted by molar-refractivity contribution is 5.94. The van der Waals surface area contributed by atoms with Gasteiger partial charge < -0.3 is 9.80 Å². The van der Waals surface area contributed by atoms with E-state index in [2.05, 4.69) is 14.7 Å². The highest BCUT2D eigenvalue weighted by Crippen LogP contribution is 2.28. The van der Waals surface area contributed by atoms with E-state index in [1.807, 2.05) is 24.3 Å². The van der Waals surface area contributed by atoms with Crippen LogP contribution in [-0.4, -0.2) is 66.8 Å². The molecule has 1 aromatic carbocycles. The van der Waals surface area contributed by atoms with Gasteiger partial charge in [0.2, 0.25) is 5.91 Å². The van der Waals surface area contributed by atoms with E-state index in [0.29, 0.717) is 5.91 Å². The minimum Gasteiger partial charge on any atom is -0.371 e. The van der Waals surface area contributed by atoms with E-state index < -0.39 is 0 Å². The Labute approximate surface area is 174 Å². The molecule has 3 aliphatic rings. The molecule has 1 atom stereocenters. The third kappa shape index (κ3) is 4.52. The summed E-state index contributed by atoms with van der Waals surface area (Å²) in [6.07, 6.45) is 6.08. The molecule has 2 heterocycles. The Morgan fingerprint density at radius 2 is 1.64 bits per heavy atom. The Hall–Kier alpha value is -1.59. The monoisotopic (exact) mass is 405 g/mol. The maximum absolute atomic E-state index is 13.1. The van der Waals surface area contributed by atoms with Gasteiger partial charge in [-0.05, 0) is 56.9 Å². The van der Waals surface area contributed by atoms with Crippen molar-refractivity contribution in [1.29, 1.82) is 0 Å². The molecule has 0 radical (unpaired) electrons. The zero-order valence-corrected chi connectivity index (χ0v) is 17.6. The first-order chi connectivity index (χ1) is 13.1. The van der Waals surface area contributed by atoms with Crippen LogP contribution in [-0.2, 0) is 4.79 Å². The zero-order chi connectivity index (χ0) is 18.8. The van der Waals surface area contributed by atoms with Crippen molar-refractivity contribution in [2.45, 2.75) is 45.1 Å². The second kappa shape index (κ2) is 9.27. The number of ketones is 1. The summed E-state index contributed by atoms with van der Waals surface area (Å²) in [5.41, 5.74) is 1.86. The SMILES string of the molecule is CC(=O)c1ccc(N2CCC(C(=O)N3CCCN(C4CCC4)CC3)C2)cc1.Cl. The van der Waals surface area contributed by atoms with Crippen molar-refractivity contribution >= 4 is 29.8 Å². The summed E-state index contributed by atoms with van der Waals surface area (Å²) in [5, 5.41) is 0. The molecule has 0 aromatic heterocycles.